The van der Waals surface area contributed by atoms with Crippen LogP contribution in [0.5, 0.6) is 0 Å². The molecule has 3 amide bonds. The maximum Gasteiger partial charge on any atom is 0.324 e. The van der Waals surface area contributed by atoms with Crippen molar-refractivity contribution in [2.45, 2.75) is 19.9 Å². The van der Waals surface area contributed by atoms with E-state index in [1.807, 2.05) is 13.8 Å². The van der Waals surface area contributed by atoms with Crippen molar-refractivity contribution >= 4 is 39.7 Å². The lowest BCUT2D eigenvalue weighted by Gasteiger charge is -2.10. The van der Waals surface area contributed by atoms with Crippen molar-refractivity contribution in [2.75, 3.05) is 10.6 Å². The number of nitrogens with one attached hydrogen (secondary N) is 3. The molecule has 0 radical (unpaired) electrons. The topological polar surface area (TPSA) is 113 Å². The fourth-order valence-corrected chi connectivity index (χ4v) is 2.52. The fraction of sp³-hybridized carbons (Fsp3) is 0.200. The van der Waals surface area contributed by atoms with Crippen molar-refractivity contribution < 1.29 is 14.5 Å². The van der Waals surface area contributed by atoms with Crippen LogP contribution in [-0.2, 0) is 0 Å². The molecule has 0 saturated heterocycles. The van der Waals surface area contributed by atoms with Gasteiger partial charge in [0.25, 0.3) is 5.91 Å². The summed E-state index contributed by atoms with van der Waals surface area (Å²) in [6.07, 6.45) is 0. The lowest BCUT2D eigenvalue weighted by Crippen LogP contribution is -2.34. The number of hydrogen-bond acceptors (Lipinski definition) is 5. The second kappa shape index (κ2) is 7.55. The molecule has 0 aliphatic carbocycles. The smallest absolute Gasteiger partial charge is 0.324 e. The predicted octanol–water partition coefficient (Wildman–Crippen LogP) is 3.44. The summed E-state index contributed by atoms with van der Waals surface area (Å²) in [6, 6.07) is 8.96. The van der Waals surface area contributed by atoms with E-state index >= 15 is 0 Å². The van der Waals surface area contributed by atoms with E-state index in [1.165, 1.54) is 12.1 Å². The third kappa shape index (κ3) is 4.78. The average molecular weight is 348 g/mol. The third-order valence-electron chi connectivity index (χ3n) is 2.82. The van der Waals surface area contributed by atoms with Gasteiger partial charge in [0.2, 0.25) is 0 Å². The predicted molar refractivity (Wildman–Crippen MR) is 92.7 cm³/mol. The highest BCUT2D eigenvalue weighted by Gasteiger charge is 2.15. The number of rotatable bonds is 5. The summed E-state index contributed by atoms with van der Waals surface area (Å²) >= 11 is 0.809. The SMILES string of the molecule is CC(C)NC(=O)Nc1ccc(NC(=O)c2ccc([N+](=O)[O-])s2)cc1. The van der Waals surface area contributed by atoms with Gasteiger partial charge in [-0.05, 0) is 44.2 Å². The maximum atomic E-state index is 12.0. The van der Waals surface area contributed by atoms with Crippen LogP contribution in [0.25, 0.3) is 0 Å². The Morgan fingerprint density at radius 3 is 2.12 bits per heavy atom. The Labute approximate surface area is 142 Å². The highest BCUT2D eigenvalue weighted by molar-refractivity contribution is 7.17. The second-order valence-electron chi connectivity index (χ2n) is 5.18. The van der Waals surface area contributed by atoms with E-state index in [1.54, 1.807) is 24.3 Å². The number of benzene rings is 1. The van der Waals surface area contributed by atoms with E-state index in [-0.39, 0.29) is 22.0 Å². The molecule has 0 aliphatic rings. The molecule has 2 aromatic rings. The monoisotopic (exact) mass is 348 g/mol. The highest BCUT2D eigenvalue weighted by atomic mass is 32.1. The molecule has 1 aromatic heterocycles. The molecule has 0 saturated carbocycles. The molecule has 8 nitrogen and oxygen atoms in total. The molecule has 2 rings (SSSR count). The van der Waals surface area contributed by atoms with Crippen LogP contribution in [0.3, 0.4) is 0 Å². The van der Waals surface area contributed by atoms with E-state index in [0.29, 0.717) is 11.4 Å². The minimum Gasteiger partial charge on any atom is -0.336 e. The van der Waals surface area contributed by atoms with Crippen LogP contribution in [-0.4, -0.2) is 22.9 Å². The summed E-state index contributed by atoms with van der Waals surface area (Å²) in [5.41, 5.74) is 1.10. The number of hydrogen-bond donors (Lipinski definition) is 3. The Hall–Kier alpha value is -2.94. The zero-order valence-corrected chi connectivity index (χ0v) is 13.8. The molecule has 0 bridgehead atoms. The van der Waals surface area contributed by atoms with Crippen LogP contribution in [0.15, 0.2) is 36.4 Å². The Morgan fingerprint density at radius 1 is 1.04 bits per heavy atom. The van der Waals surface area contributed by atoms with Gasteiger partial charge in [-0.2, -0.15) is 0 Å². The van der Waals surface area contributed by atoms with Gasteiger partial charge in [-0.15, -0.1) is 0 Å². The van der Waals surface area contributed by atoms with Gasteiger partial charge in [-0.25, -0.2) is 4.79 Å². The van der Waals surface area contributed by atoms with Crippen LogP contribution in [0.1, 0.15) is 23.5 Å². The minimum absolute atomic E-state index is 0.0263. The van der Waals surface area contributed by atoms with E-state index in [0.717, 1.165) is 11.3 Å². The largest absolute Gasteiger partial charge is 0.336 e. The first kappa shape index (κ1) is 17.4. The van der Waals surface area contributed by atoms with Gasteiger partial charge in [0.1, 0.15) is 0 Å². The van der Waals surface area contributed by atoms with Crippen molar-refractivity contribution in [3.63, 3.8) is 0 Å². The van der Waals surface area contributed by atoms with Gasteiger partial charge in [-0.1, -0.05) is 11.3 Å². The molecule has 0 spiro atoms. The van der Waals surface area contributed by atoms with Crippen molar-refractivity contribution in [1.82, 2.24) is 5.32 Å². The van der Waals surface area contributed by atoms with E-state index in [9.17, 15) is 19.7 Å². The Bertz CT molecular complexity index is 755. The van der Waals surface area contributed by atoms with Crippen molar-refractivity contribution in [1.29, 1.82) is 0 Å². The number of anilines is 2. The van der Waals surface area contributed by atoms with Crippen LogP contribution in [0, 0.1) is 10.1 Å². The van der Waals surface area contributed by atoms with Crippen molar-refractivity contribution in [3.8, 4) is 0 Å². The Kier molecular flexibility index (Phi) is 5.48. The Balaban J connectivity index is 1.96. The van der Waals surface area contributed by atoms with Gasteiger partial charge in [0.15, 0.2) is 0 Å². The quantitative estimate of drug-likeness (QED) is 0.567. The number of amides is 3. The molecule has 0 aliphatic heterocycles. The summed E-state index contributed by atoms with van der Waals surface area (Å²) in [7, 11) is 0. The zero-order chi connectivity index (χ0) is 17.7. The lowest BCUT2D eigenvalue weighted by molar-refractivity contribution is -0.380. The number of nitro groups is 1. The van der Waals surface area contributed by atoms with Gasteiger partial charge in [0.05, 0.1) is 9.80 Å². The number of nitrogens with zero attached hydrogens (tertiary/aromatic N) is 1. The molecule has 0 atom stereocenters. The summed E-state index contributed by atoms with van der Waals surface area (Å²) in [5.74, 6) is -0.425. The highest BCUT2D eigenvalue weighted by Crippen LogP contribution is 2.25. The lowest BCUT2D eigenvalue weighted by atomic mass is 10.2. The van der Waals surface area contributed by atoms with Gasteiger partial charge in [-0.3, -0.25) is 14.9 Å². The van der Waals surface area contributed by atoms with E-state index in [2.05, 4.69) is 16.0 Å². The van der Waals surface area contributed by atoms with Gasteiger partial charge >= 0.3 is 11.0 Å². The first-order valence-corrected chi connectivity index (χ1v) is 7.90. The first-order chi connectivity index (χ1) is 11.3. The summed E-state index contributed by atoms with van der Waals surface area (Å²) < 4.78 is 0. The van der Waals surface area contributed by atoms with Crippen LogP contribution in [0.4, 0.5) is 21.2 Å². The summed E-state index contributed by atoms with van der Waals surface area (Å²) in [5, 5.41) is 18.6. The van der Waals surface area contributed by atoms with Crippen LogP contribution >= 0.6 is 11.3 Å². The fourth-order valence-electron chi connectivity index (χ4n) is 1.81. The first-order valence-electron chi connectivity index (χ1n) is 7.08. The van der Waals surface area contributed by atoms with Gasteiger partial charge < -0.3 is 16.0 Å². The molecular formula is C15H16N4O4S. The Morgan fingerprint density at radius 2 is 1.62 bits per heavy atom. The molecule has 24 heavy (non-hydrogen) atoms. The number of carbonyl (C=O) groups is 2. The maximum absolute atomic E-state index is 12.0. The molecule has 0 unspecified atom stereocenters. The molecule has 1 aromatic carbocycles. The number of thiophene rings is 1. The molecule has 9 heteroatoms. The van der Waals surface area contributed by atoms with Gasteiger partial charge in [0, 0.05) is 23.5 Å². The van der Waals surface area contributed by atoms with Crippen LogP contribution < -0.4 is 16.0 Å². The molecule has 126 valence electrons. The molecule has 0 fully saturated rings. The van der Waals surface area contributed by atoms with Crippen LogP contribution in [0.2, 0.25) is 0 Å². The molecule has 1 heterocycles. The summed E-state index contributed by atoms with van der Waals surface area (Å²) in [6.45, 7) is 3.71. The number of urea groups is 1. The second-order valence-corrected chi connectivity index (χ2v) is 6.24. The molecule has 3 N–H and O–H groups in total. The molecular weight excluding hydrogens is 332 g/mol. The number of carbonyl (C=O) groups excluding carboxylic acids is 2. The average Bonchev–Trinajstić information content (AvgIpc) is 2.98. The standard InChI is InChI=1S/C15H16N4O4S/c1-9(2)16-15(21)18-11-5-3-10(4-6-11)17-14(20)12-7-8-13(24-12)19(22)23/h3-9H,1-2H3,(H,17,20)(H2,16,18,21). The normalized spacial score (nSPS) is 10.3. The van der Waals surface area contributed by atoms with Crippen molar-refractivity contribution in [2.24, 2.45) is 0 Å². The van der Waals surface area contributed by atoms with E-state index < -0.39 is 10.8 Å². The third-order valence-corrected chi connectivity index (χ3v) is 3.85. The van der Waals surface area contributed by atoms with E-state index in [4.69, 9.17) is 0 Å². The zero-order valence-electron chi connectivity index (χ0n) is 13.0. The summed E-state index contributed by atoms with van der Waals surface area (Å²) in [4.78, 5) is 34.0. The van der Waals surface area contributed by atoms with Crippen molar-refractivity contribution in [3.05, 3.63) is 51.4 Å². The minimum atomic E-state index is -0.538.